The fourth-order valence-corrected chi connectivity index (χ4v) is 4.12. The number of aliphatic hydroxyl groups excluding tert-OH is 1. The maximum absolute atomic E-state index is 10.6. The topological polar surface area (TPSA) is 40.5 Å². The van der Waals surface area contributed by atoms with Gasteiger partial charge in [-0.25, -0.2) is 0 Å². The molecule has 2 rings (SSSR count). The average Bonchev–Trinajstić information content (AvgIpc) is 2.14. The van der Waals surface area contributed by atoms with Crippen LogP contribution in [-0.4, -0.2) is 21.9 Å². The summed E-state index contributed by atoms with van der Waals surface area (Å²) in [6, 6.07) is 0. The maximum atomic E-state index is 10.6. The van der Waals surface area contributed by atoms with Gasteiger partial charge in [0.1, 0.15) is 0 Å². The van der Waals surface area contributed by atoms with Crippen molar-refractivity contribution in [2.24, 2.45) is 17.3 Å². The van der Waals surface area contributed by atoms with E-state index in [0.29, 0.717) is 0 Å². The van der Waals surface area contributed by atoms with Crippen LogP contribution in [0.1, 0.15) is 52.9 Å². The normalized spacial score (nSPS) is 43.4. The van der Waals surface area contributed by atoms with Crippen LogP contribution in [0.2, 0.25) is 0 Å². The summed E-state index contributed by atoms with van der Waals surface area (Å²) in [4.78, 5) is 0. The molecule has 0 heterocycles. The minimum absolute atomic E-state index is 0.0181. The molecule has 2 aliphatic rings. The van der Waals surface area contributed by atoms with E-state index in [4.69, 9.17) is 0 Å². The van der Waals surface area contributed by atoms with Gasteiger partial charge in [0.15, 0.2) is 0 Å². The molecule has 0 aliphatic heterocycles. The second kappa shape index (κ2) is 4.10. The van der Waals surface area contributed by atoms with Crippen LogP contribution >= 0.6 is 0 Å². The second-order valence-corrected chi connectivity index (χ2v) is 6.93. The van der Waals surface area contributed by atoms with E-state index < -0.39 is 11.7 Å². The van der Waals surface area contributed by atoms with Crippen molar-refractivity contribution in [3.05, 3.63) is 12.2 Å². The molecule has 0 aromatic rings. The van der Waals surface area contributed by atoms with Gasteiger partial charge < -0.3 is 10.2 Å². The minimum atomic E-state index is -0.793. The molecule has 2 nitrogen and oxygen atoms in total. The maximum Gasteiger partial charge on any atom is 0.0665 e. The molecule has 2 saturated carbocycles. The predicted molar refractivity (Wildman–Crippen MR) is 69.6 cm³/mol. The van der Waals surface area contributed by atoms with Crippen molar-refractivity contribution in [2.45, 2.75) is 64.6 Å². The number of hydrogen-bond donors (Lipinski definition) is 2. The lowest BCUT2D eigenvalue weighted by Gasteiger charge is -2.53. The van der Waals surface area contributed by atoms with Gasteiger partial charge in [-0.15, -0.1) is 0 Å². The Morgan fingerprint density at radius 2 is 2.00 bits per heavy atom. The highest BCUT2D eigenvalue weighted by Crippen LogP contribution is 2.54. The molecule has 17 heavy (non-hydrogen) atoms. The van der Waals surface area contributed by atoms with Crippen LogP contribution in [0.4, 0.5) is 0 Å². The second-order valence-electron chi connectivity index (χ2n) is 6.93. The Hall–Kier alpha value is -0.340. The molecule has 2 unspecified atom stereocenters. The zero-order valence-electron chi connectivity index (χ0n) is 11.4. The first kappa shape index (κ1) is 13.1. The van der Waals surface area contributed by atoms with Crippen molar-refractivity contribution in [3.63, 3.8) is 0 Å². The van der Waals surface area contributed by atoms with Crippen LogP contribution in [0.15, 0.2) is 12.2 Å². The third-order valence-electron chi connectivity index (χ3n) is 5.12. The van der Waals surface area contributed by atoms with E-state index in [0.717, 1.165) is 19.3 Å². The van der Waals surface area contributed by atoms with Gasteiger partial charge in [0.05, 0.1) is 11.7 Å². The van der Waals surface area contributed by atoms with Gasteiger partial charge in [-0.2, -0.15) is 0 Å². The van der Waals surface area contributed by atoms with Crippen LogP contribution in [0.25, 0.3) is 0 Å². The molecular weight excluding hydrogens is 212 g/mol. The minimum Gasteiger partial charge on any atom is -0.392 e. The van der Waals surface area contributed by atoms with Crippen LogP contribution in [0.3, 0.4) is 0 Å². The Morgan fingerprint density at radius 1 is 1.35 bits per heavy atom. The number of hydrogen-bond acceptors (Lipinski definition) is 2. The molecule has 0 saturated heterocycles. The fraction of sp³-hybridized carbons (Fsp3) is 0.867. The molecule has 0 spiro atoms. The first-order valence-electron chi connectivity index (χ1n) is 6.84. The van der Waals surface area contributed by atoms with E-state index in [1.807, 2.05) is 13.8 Å². The molecule has 98 valence electrons. The summed E-state index contributed by atoms with van der Waals surface area (Å²) in [6.07, 6.45) is 5.02. The van der Waals surface area contributed by atoms with Crippen molar-refractivity contribution in [1.82, 2.24) is 0 Å². The summed E-state index contributed by atoms with van der Waals surface area (Å²) in [5, 5.41) is 20.8. The van der Waals surface area contributed by atoms with Gasteiger partial charge in [-0.05, 0) is 51.4 Å². The lowest BCUT2D eigenvalue weighted by atomic mass is 9.54. The van der Waals surface area contributed by atoms with E-state index in [1.165, 1.54) is 18.4 Å². The lowest BCUT2D eigenvalue weighted by molar-refractivity contribution is -0.122. The first-order valence-corrected chi connectivity index (χ1v) is 6.84. The lowest BCUT2D eigenvalue weighted by Crippen LogP contribution is -2.53. The Kier molecular flexibility index (Phi) is 3.16. The highest BCUT2D eigenvalue weighted by molar-refractivity contribution is 5.16. The van der Waals surface area contributed by atoms with Gasteiger partial charge in [-0.3, -0.25) is 0 Å². The summed E-state index contributed by atoms with van der Waals surface area (Å²) < 4.78 is 0. The van der Waals surface area contributed by atoms with Gasteiger partial charge >= 0.3 is 0 Å². The molecule has 0 aromatic carbocycles. The molecule has 2 fully saturated rings. The van der Waals surface area contributed by atoms with Gasteiger partial charge in [0.25, 0.3) is 0 Å². The molecular formula is C15H26O2. The zero-order valence-corrected chi connectivity index (χ0v) is 11.4. The monoisotopic (exact) mass is 238 g/mol. The largest absolute Gasteiger partial charge is 0.392 e. The van der Waals surface area contributed by atoms with E-state index in [2.05, 4.69) is 13.5 Å². The van der Waals surface area contributed by atoms with E-state index in [9.17, 15) is 10.2 Å². The average molecular weight is 238 g/mol. The highest BCUT2D eigenvalue weighted by atomic mass is 16.3. The SMILES string of the molecule is C=C1CCC[C@]2(C)CC[C@@H](C(C)(C)O)C(O)C12. The summed E-state index contributed by atoms with van der Waals surface area (Å²) in [5.41, 5.74) is 0.606. The highest BCUT2D eigenvalue weighted by Gasteiger charge is 2.51. The fourth-order valence-electron chi connectivity index (χ4n) is 4.12. The summed E-state index contributed by atoms with van der Waals surface area (Å²) in [6.45, 7) is 10.1. The van der Waals surface area contributed by atoms with Crippen LogP contribution in [-0.2, 0) is 0 Å². The molecule has 0 aromatic heterocycles. The Labute approximate surface area is 105 Å². The van der Waals surface area contributed by atoms with Crippen LogP contribution in [0, 0.1) is 17.3 Å². The van der Waals surface area contributed by atoms with Crippen molar-refractivity contribution >= 4 is 0 Å². The zero-order chi connectivity index (χ0) is 12.8. The van der Waals surface area contributed by atoms with E-state index >= 15 is 0 Å². The third-order valence-corrected chi connectivity index (χ3v) is 5.12. The Morgan fingerprint density at radius 3 is 2.59 bits per heavy atom. The first-order chi connectivity index (χ1) is 7.76. The quantitative estimate of drug-likeness (QED) is 0.690. The molecule has 4 atom stereocenters. The Balaban J connectivity index is 2.27. The molecule has 0 radical (unpaired) electrons. The molecule has 0 amide bonds. The molecule has 2 heteroatoms. The van der Waals surface area contributed by atoms with Gasteiger partial charge in [0.2, 0.25) is 0 Å². The van der Waals surface area contributed by atoms with Crippen molar-refractivity contribution in [3.8, 4) is 0 Å². The third kappa shape index (κ3) is 2.17. The molecule has 0 bridgehead atoms. The van der Waals surface area contributed by atoms with Gasteiger partial charge in [-0.1, -0.05) is 19.1 Å². The molecule has 2 aliphatic carbocycles. The van der Waals surface area contributed by atoms with Crippen LogP contribution in [0.5, 0.6) is 0 Å². The van der Waals surface area contributed by atoms with E-state index in [1.54, 1.807) is 0 Å². The molecule has 2 N–H and O–H groups in total. The number of rotatable bonds is 1. The van der Waals surface area contributed by atoms with Crippen molar-refractivity contribution < 1.29 is 10.2 Å². The smallest absolute Gasteiger partial charge is 0.0665 e. The van der Waals surface area contributed by atoms with Crippen molar-refractivity contribution in [1.29, 1.82) is 0 Å². The van der Waals surface area contributed by atoms with Crippen molar-refractivity contribution in [2.75, 3.05) is 0 Å². The summed E-state index contributed by atoms with van der Waals surface area (Å²) in [7, 11) is 0. The Bertz CT molecular complexity index is 315. The summed E-state index contributed by atoms with van der Waals surface area (Å²) in [5.74, 6) is 0.164. The number of aliphatic hydroxyl groups is 2. The number of fused-ring (bicyclic) bond motifs is 1. The standard InChI is InChI=1S/C15H26O2/c1-10-6-5-8-15(4)9-7-11(14(2,3)17)13(16)12(10)15/h11-13,16-17H,1,5-9H2,2-4H3/t11-,12?,13?,15-/m1/s1. The predicted octanol–water partition coefficient (Wildman–Crippen LogP) is 2.89. The van der Waals surface area contributed by atoms with E-state index in [-0.39, 0.29) is 17.3 Å². The van der Waals surface area contributed by atoms with Gasteiger partial charge in [0, 0.05) is 11.8 Å². The van der Waals surface area contributed by atoms with Crippen LogP contribution < -0.4 is 0 Å². The summed E-state index contributed by atoms with van der Waals surface area (Å²) >= 11 is 0.